The average Bonchev–Trinajstić information content (AvgIpc) is 2.84. The van der Waals surface area contributed by atoms with Crippen LogP contribution in [0.4, 0.5) is 0 Å². The fourth-order valence-electron chi connectivity index (χ4n) is 4.37. The van der Waals surface area contributed by atoms with Gasteiger partial charge >= 0.3 is 0 Å². The molecule has 6 heteroatoms. The molecular weight excluding hydrogens is 416 g/mol. The molecule has 1 aliphatic heterocycles. The molecule has 1 atom stereocenters. The zero-order chi connectivity index (χ0) is 23.4. The molecular formula is C27H28N2O4. The maximum atomic E-state index is 13.6. The van der Waals surface area contributed by atoms with Crippen LogP contribution in [0.1, 0.15) is 21.5 Å². The third-order valence-electron chi connectivity index (χ3n) is 5.98. The van der Waals surface area contributed by atoms with E-state index in [0.29, 0.717) is 36.6 Å². The van der Waals surface area contributed by atoms with Crippen LogP contribution in [0.5, 0.6) is 11.5 Å². The molecule has 1 saturated heterocycles. The van der Waals surface area contributed by atoms with E-state index in [-0.39, 0.29) is 11.8 Å². The van der Waals surface area contributed by atoms with E-state index in [1.807, 2.05) is 24.3 Å². The van der Waals surface area contributed by atoms with Crippen molar-refractivity contribution in [1.29, 1.82) is 0 Å². The second-order valence-electron chi connectivity index (χ2n) is 8.08. The molecule has 3 aromatic rings. The highest BCUT2D eigenvalue weighted by atomic mass is 16.5. The van der Waals surface area contributed by atoms with Gasteiger partial charge in [0, 0.05) is 19.5 Å². The number of methoxy groups -OCH3 is 2. The van der Waals surface area contributed by atoms with Crippen LogP contribution in [0.15, 0.2) is 66.7 Å². The van der Waals surface area contributed by atoms with E-state index in [1.165, 1.54) is 19.8 Å². The molecule has 4 rings (SSSR count). The molecule has 3 aromatic carbocycles. The highest BCUT2D eigenvalue weighted by Gasteiger charge is 2.35. The van der Waals surface area contributed by atoms with Crippen LogP contribution in [-0.4, -0.2) is 50.1 Å². The normalized spacial score (nSPS) is 15.7. The minimum atomic E-state index is -0.631. The Morgan fingerprint density at radius 3 is 2.58 bits per heavy atom. The monoisotopic (exact) mass is 444 g/mol. The molecule has 33 heavy (non-hydrogen) atoms. The van der Waals surface area contributed by atoms with Crippen molar-refractivity contribution in [3.05, 3.63) is 83.4 Å². The first kappa shape index (κ1) is 22.4. The molecule has 6 nitrogen and oxygen atoms in total. The van der Waals surface area contributed by atoms with Crippen LogP contribution in [0, 0.1) is 6.92 Å². The summed E-state index contributed by atoms with van der Waals surface area (Å²) in [4.78, 5) is 28.2. The van der Waals surface area contributed by atoms with Gasteiger partial charge in [0.15, 0.2) is 11.5 Å². The Bertz CT molecular complexity index is 1170. The lowest BCUT2D eigenvalue weighted by Gasteiger charge is -2.36. The molecule has 1 heterocycles. The Labute approximate surface area is 194 Å². The van der Waals surface area contributed by atoms with Gasteiger partial charge in [0.2, 0.25) is 5.91 Å². The van der Waals surface area contributed by atoms with E-state index < -0.39 is 6.04 Å². The minimum absolute atomic E-state index is 0.157. The number of para-hydroxylation sites is 1. The SMILES string of the molecule is COc1cccc(C(=O)N2CCNC(=O)C2Cc2ccccc2-c2cccc(C)c2)c1OC. The van der Waals surface area contributed by atoms with Crippen LogP contribution in [0.2, 0.25) is 0 Å². The van der Waals surface area contributed by atoms with Crippen molar-refractivity contribution >= 4 is 11.8 Å². The summed E-state index contributed by atoms with van der Waals surface area (Å²) in [5.74, 6) is 0.440. The summed E-state index contributed by atoms with van der Waals surface area (Å²) in [7, 11) is 3.04. The maximum Gasteiger partial charge on any atom is 0.258 e. The highest BCUT2D eigenvalue weighted by Crippen LogP contribution is 2.33. The van der Waals surface area contributed by atoms with Gasteiger partial charge in [0.1, 0.15) is 6.04 Å². The zero-order valence-corrected chi connectivity index (χ0v) is 19.1. The van der Waals surface area contributed by atoms with Gasteiger partial charge in [-0.3, -0.25) is 9.59 Å². The van der Waals surface area contributed by atoms with Crippen LogP contribution >= 0.6 is 0 Å². The fraction of sp³-hybridized carbons (Fsp3) is 0.259. The maximum absolute atomic E-state index is 13.6. The highest BCUT2D eigenvalue weighted by molar-refractivity contribution is 6.01. The summed E-state index contributed by atoms with van der Waals surface area (Å²) in [6.07, 6.45) is 0.411. The molecule has 1 fully saturated rings. The number of aryl methyl sites for hydroxylation is 1. The standard InChI is InChI=1S/C27H28N2O4/c1-18-8-6-10-19(16-18)21-11-5-4-9-20(21)17-23-26(30)28-14-15-29(23)27(31)22-12-7-13-24(32-2)25(22)33-3/h4-13,16,23H,14-15,17H2,1-3H3,(H,28,30). The smallest absolute Gasteiger partial charge is 0.258 e. The summed E-state index contributed by atoms with van der Waals surface area (Å²) >= 11 is 0. The lowest BCUT2D eigenvalue weighted by Crippen LogP contribution is -2.58. The first-order valence-electron chi connectivity index (χ1n) is 11.0. The molecule has 0 spiro atoms. The quantitative estimate of drug-likeness (QED) is 0.627. The Balaban J connectivity index is 1.69. The Kier molecular flexibility index (Phi) is 6.63. The fourth-order valence-corrected chi connectivity index (χ4v) is 4.37. The lowest BCUT2D eigenvalue weighted by atomic mass is 9.92. The minimum Gasteiger partial charge on any atom is -0.493 e. The molecule has 0 aliphatic carbocycles. The van der Waals surface area contributed by atoms with Gasteiger partial charge in [-0.1, -0.05) is 60.2 Å². The summed E-state index contributed by atoms with van der Waals surface area (Å²) in [5.41, 5.74) is 4.71. The average molecular weight is 445 g/mol. The number of carbonyl (C=O) groups is 2. The zero-order valence-electron chi connectivity index (χ0n) is 19.1. The Morgan fingerprint density at radius 2 is 1.82 bits per heavy atom. The molecule has 1 N–H and O–H groups in total. The van der Waals surface area contributed by atoms with Gasteiger partial charge in [-0.05, 0) is 35.7 Å². The van der Waals surface area contributed by atoms with Crippen LogP contribution in [-0.2, 0) is 11.2 Å². The third-order valence-corrected chi connectivity index (χ3v) is 5.98. The lowest BCUT2D eigenvalue weighted by molar-refractivity contribution is -0.127. The van der Waals surface area contributed by atoms with E-state index in [1.54, 1.807) is 23.1 Å². The van der Waals surface area contributed by atoms with Gasteiger partial charge in [-0.25, -0.2) is 0 Å². The van der Waals surface area contributed by atoms with Crippen molar-refractivity contribution in [2.75, 3.05) is 27.3 Å². The first-order valence-corrected chi connectivity index (χ1v) is 11.0. The number of rotatable bonds is 6. The first-order chi connectivity index (χ1) is 16.0. The van der Waals surface area contributed by atoms with E-state index in [0.717, 1.165) is 16.7 Å². The number of nitrogens with zero attached hydrogens (tertiary/aromatic N) is 1. The second kappa shape index (κ2) is 9.77. The summed E-state index contributed by atoms with van der Waals surface area (Å²) in [5, 5.41) is 2.92. The van der Waals surface area contributed by atoms with Gasteiger partial charge in [0.25, 0.3) is 5.91 Å². The van der Waals surface area contributed by atoms with Gasteiger partial charge in [-0.15, -0.1) is 0 Å². The van der Waals surface area contributed by atoms with E-state index in [2.05, 4.69) is 36.5 Å². The Hall–Kier alpha value is -3.80. The third kappa shape index (κ3) is 4.55. The molecule has 0 bridgehead atoms. The number of nitrogens with one attached hydrogen (secondary N) is 1. The summed E-state index contributed by atoms with van der Waals surface area (Å²) in [6.45, 7) is 2.89. The number of hydrogen-bond acceptors (Lipinski definition) is 4. The number of carbonyl (C=O) groups excluding carboxylic acids is 2. The molecule has 1 aliphatic rings. The topological polar surface area (TPSA) is 67.9 Å². The van der Waals surface area contributed by atoms with E-state index in [4.69, 9.17) is 9.47 Å². The number of amides is 2. The molecule has 170 valence electrons. The molecule has 0 saturated carbocycles. The van der Waals surface area contributed by atoms with Crippen LogP contribution in [0.3, 0.4) is 0 Å². The van der Waals surface area contributed by atoms with Crippen molar-refractivity contribution in [2.24, 2.45) is 0 Å². The second-order valence-corrected chi connectivity index (χ2v) is 8.08. The molecule has 2 amide bonds. The molecule has 0 radical (unpaired) electrons. The van der Waals surface area contributed by atoms with Crippen molar-refractivity contribution in [2.45, 2.75) is 19.4 Å². The van der Waals surface area contributed by atoms with Crippen LogP contribution in [0.25, 0.3) is 11.1 Å². The number of piperazine rings is 1. The number of ether oxygens (including phenoxy) is 2. The summed E-state index contributed by atoms with van der Waals surface area (Å²) < 4.78 is 10.8. The number of benzene rings is 3. The van der Waals surface area contributed by atoms with E-state index in [9.17, 15) is 9.59 Å². The van der Waals surface area contributed by atoms with Crippen molar-refractivity contribution in [3.63, 3.8) is 0 Å². The molecule has 0 aromatic heterocycles. The summed E-state index contributed by atoms with van der Waals surface area (Å²) in [6, 6.07) is 20.9. The molecule has 1 unspecified atom stereocenters. The number of hydrogen-bond donors (Lipinski definition) is 1. The van der Waals surface area contributed by atoms with Gasteiger partial charge < -0.3 is 19.7 Å². The predicted octanol–water partition coefficient (Wildman–Crippen LogP) is 3.86. The van der Waals surface area contributed by atoms with Crippen molar-refractivity contribution in [1.82, 2.24) is 10.2 Å². The predicted molar refractivity (Wildman–Crippen MR) is 128 cm³/mol. The Morgan fingerprint density at radius 1 is 1.03 bits per heavy atom. The van der Waals surface area contributed by atoms with Crippen LogP contribution < -0.4 is 14.8 Å². The van der Waals surface area contributed by atoms with Gasteiger partial charge in [-0.2, -0.15) is 0 Å². The van der Waals surface area contributed by atoms with Gasteiger partial charge in [0.05, 0.1) is 19.8 Å². The van der Waals surface area contributed by atoms with E-state index >= 15 is 0 Å². The van der Waals surface area contributed by atoms with Crippen molar-refractivity contribution in [3.8, 4) is 22.6 Å². The largest absolute Gasteiger partial charge is 0.493 e. The van der Waals surface area contributed by atoms with Crippen molar-refractivity contribution < 1.29 is 19.1 Å².